The molecule has 256 valence electrons. The second-order valence-electron chi connectivity index (χ2n) is 14.8. The van der Waals surface area contributed by atoms with E-state index in [1.807, 2.05) is 0 Å². The average molecular weight is 651 g/mol. The molecule has 2 fully saturated rings. The summed E-state index contributed by atoms with van der Waals surface area (Å²) in [6.07, 6.45) is 5.77. The molecular formula is C30H66N4O7Si2. The molecule has 0 aromatic heterocycles. The molecule has 0 amide bonds. The van der Waals surface area contributed by atoms with Crippen molar-refractivity contribution in [3.63, 3.8) is 0 Å². The number of nitrogens with zero attached hydrogens (tertiary/aromatic N) is 2. The summed E-state index contributed by atoms with van der Waals surface area (Å²) in [5, 5.41) is 11.8. The molecule has 0 aliphatic carbocycles. The van der Waals surface area contributed by atoms with Crippen LogP contribution in [-0.4, -0.2) is 118 Å². The lowest BCUT2D eigenvalue weighted by Gasteiger charge is -2.53. The molecule has 2 heterocycles. The lowest BCUT2D eigenvalue weighted by atomic mass is 9.79. The summed E-state index contributed by atoms with van der Waals surface area (Å²) in [5.41, 5.74) is -0.224. The van der Waals surface area contributed by atoms with Crippen molar-refractivity contribution in [2.75, 3.05) is 55.7 Å². The van der Waals surface area contributed by atoms with Crippen LogP contribution < -0.4 is 10.6 Å². The van der Waals surface area contributed by atoms with Gasteiger partial charge in [-0.25, -0.2) is 0 Å². The first-order valence-electron chi connectivity index (χ1n) is 16.0. The van der Waals surface area contributed by atoms with Gasteiger partial charge in [-0.15, -0.1) is 0 Å². The van der Waals surface area contributed by atoms with Gasteiger partial charge in [0.05, 0.1) is 14.2 Å². The minimum atomic E-state index is -3.02. The van der Waals surface area contributed by atoms with Crippen LogP contribution in [0.2, 0.25) is 12.1 Å². The number of hydroxylamine groups is 4. The lowest BCUT2D eigenvalue weighted by Crippen LogP contribution is -2.63. The van der Waals surface area contributed by atoms with E-state index in [0.29, 0.717) is 24.2 Å². The Balaban J connectivity index is 1.92. The third-order valence-corrected chi connectivity index (χ3v) is 16.2. The molecule has 0 atom stereocenters. The van der Waals surface area contributed by atoms with E-state index in [2.05, 4.69) is 76.1 Å². The van der Waals surface area contributed by atoms with Gasteiger partial charge in [0, 0.05) is 74.8 Å². The SMILES string of the molecule is CON1C(C)(C)CC(NCCC[Si](OC)(OC)O[Si](CCCNC2CC(C)(C)N(OC)C(C)(C)C2)(OC)OC)CC1(C)C. The standard InChI is InChI=1S/C30H66N4O7Si2/c1-27(2)21-25(22-28(3,4)33(27)35-9)31-17-15-19-42(37-11,38-12)41-43(39-13,40-14)20-16-18-32-26-23-29(5,6)34(36-10)30(7,8)24-26/h25-26,31-32H,15-24H2,1-14H3. The number of piperidine rings is 2. The highest BCUT2D eigenvalue weighted by atomic mass is 28.5. The first kappa shape index (κ1) is 39.2. The van der Waals surface area contributed by atoms with Gasteiger partial charge in [-0.2, -0.15) is 10.1 Å². The molecule has 11 nitrogen and oxygen atoms in total. The first-order chi connectivity index (χ1) is 19.9. The topological polar surface area (TPSA) is 95.2 Å². The molecule has 0 saturated carbocycles. The van der Waals surface area contributed by atoms with E-state index >= 15 is 0 Å². The Morgan fingerprint density at radius 1 is 0.535 bits per heavy atom. The fourth-order valence-electron chi connectivity index (χ4n) is 8.11. The number of hydrogen-bond donors (Lipinski definition) is 2. The summed E-state index contributed by atoms with van der Waals surface area (Å²) in [7, 11) is 4.21. The van der Waals surface area contributed by atoms with Gasteiger partial charge in [0.1, 0.15) is 0 Å². The maximum Gasteiger partial charge on any atom is 0.493 e. The van der Waals surface area contributed by atoms with Crippen LogP contribution >= 0.6 is 0 Å². The van der Waals surface area contributed by atoms with Gasteiger partial charge in [0.15, 0.2) is 0 Å². The Labute approximate surface area is 265 Å². The van der Waals surface area contributed by atoms with Crippen LogP contribution in [0.3, 0.4) is 0 Å². The molecule has 2 saturated heterocycles. The van der Waals surface area contributed by atoms with Gasteiger partial charge in [-0.3, -0.25) is 0 Å². The van der Waals surface area contributed by atoms with E-state index in [1.54, 1.807) is 42.7 Å². The molecule has 13 heteroatoms. The molecule has 43 heavy (non-hydrogen) atoms. The van der Waals surface area contributed by atoms with Crippen molar-refractivity contribution in [2.45, 2.75) is 140 Å². The zero-order chi connectivity index (χ0) is 32.7. The van der Waals surface area contributed by atoms with E-state index in [9.17, 15) is 0 Å². The fourth-order valence-corrected chi connectivity index (χ4v) is 14.5. The molecule has 0 radical (unpaired) electrons. The number of rotatable bonds is 18. The number of hydrogen-bond acceptors (Lipinski definition) is 11. The van der Waals surface area contributed by atoms with Gasteiger partial charge in [0.2, 0.25) is 0 Å². The van der Waals surface area contributed by atoms with Crippen LogP contribution in [0.15, 0.2) is 0 Å². The van der Waals surface area contributed by atoms with E-state index in [0.717, 1.165) is 51.6 Å². The molecule has 0 aromatic rings. The molecule has 0 unspecified atom stereocenters. The van der Waals surface area contributed by atoms with Crippen LogP contribution in [0.4, 0.5) is 0 Å². The predicted molar refractivity (Wildman–Crippen MR) is 176 cm³/mol. The zero-order valence-electron chi connectivity index (χ0n) is 30.0. The molecule has 2 aliphatic rings. The van der Waals surface area contributed by atoms with Crippen molar-refractivity contribution >= 4 is 17.6 Å². The molecule has 0 bridgehead atoms. The summed E-state index contributed by atoms with van der Waals surface area (Å²) >= 11 is 0. The van der Waals surface area contributed by atoms with E-state index in [-0.39, 0.29) is 22.2 Å². The Morgan fingerprint density at radius 3 is 1.05 bits per heavy atom. The molecule has 2 N–H and O–H groups in total. The van der Waals surface area contributed by atoms with E-state index in [1.165, 1.54) is 0 Å². The third kappa shape index (κ3) is 9.99. The monoisotopic (exact) mass is 650 g/mol. The van der Waals surface area contributed by atoms with Crippen molar-refractivity contribution in [1.82, 2.24) is 20.8 Å². The first-order valence-corrected chi connectivity index (χ1v) is 19.8. The normalized spacial score (nSPS) is 23.6. The molecular weight excluding hydrogens is 585 g/mol. The summed E-state index contributed by atoms with van der Waals surface area (Å²) in [6.45, 7) is 19.7. The van der Waals surface area contributed by atoms with Gasteiger partial charge in [-0.1, -0.05) is 0 Å². The molecule has 2 aliphatic heterocycles. The maximum atomic E-state index is 6.68. The van der Waals surface area contributed by atoms with Crippen molar-refractivity contribution in [3.05, 3.63) is 0 Å². The highest BCUT2D eigenvalue weighted by Crippen LogP contribution is 2.39. The summed E-state index contributed by atoms with van der Waals surface area (Å²) in [5.74, 6) is 0. The quantitative estimate of drug-likeness (QED) is 0.161. The molecule has 0 spiro atoms. The molecule has 0 aromatic carbocycles. The maximum absolute atomic E-state index is 6.68. The van der Waals surface area contributed by atoms with Crippen molar-refractivity contribution in [2.24, 2.45) is 0 Å². The van der Waals surface area contributed by atoms with E-state index < -0.39 is 17.6 Å². The van der Waals surface area contributed by atoms with Crippen molar-refractivity contribution in [1.29, 1.82) is 0 Å². The van der Waals surface area contributed by atoms with Crippen LogP contribution in [0.5, 0.6) is 0 Å². The summed E-state index contributed by atoms with van der Waals surface area (Å²) < 4.78 is 30.6. The second kappa shape index (κ2) is 15.7. The summed E-state index contributed by atoms with van der Waals surface area (Å²) in [6, 6.07) is 2.16. The fraction of sp³-hybridized carbons (Fsp3) is 1.00. The average Bonchev–Trinajstić information content (AvgIpc) is 2.90. The Hall–Kier alpha value is -0.00623. The largest absolute Gasteiger partial charge is 0.493 e. The second-order valence-corrected chi connectivity index (χ2v) is 21.0. The zero-order valence-corrected chi connectivity index (χ0v) is 32.0. The molecule has 2 rings (SSSR count). The minimum absolute atomic E-state index is 0.0560. The van der Waals surface area contributed by atoms with Crippen LogP contribution in [0.1, 0.15) is 93.9 Å². The van der Waals surface area contributed by atoms with Gasteiger partial charge < -0.3 is 42.1 Å². The van der Waals surface area contributed by atoms with E-state index in [4.69, 9.17) is 31.5 Å². The number of nitrogens with one attached hydrogen (secondary N) is 2. The highest BCUT2D eigenvalue weighted by molar-refractivity contribution is 6.75. The van der Waals surface area contributed by atoms with Gasteiger partial charge in [0.25, 0.3) is 0 Å². The Morgan fingerprint density at radius 2 is 0.814 bits per heavy atom. The summed E-state index contributed by atoms with van der Waals surface area (Å²) in [4.78, 5) is 11.5. The Kier molecular flexibility index (Phi) is 14.3. The minimum Gasteiger partial charge on any atom is -0.377 e. The van der Waals surface area contributed by atoms with Crippen LogP contribution in [0, 0.1) is 0 Å². The smallest absolute Gasteiger partial charge is 0.377 e. The predicted octanol–water partition coefficient (Wildman–Crippen LogP) is 4.59. The van der Waals surface area contributed by atoms with Crippen molar-refractivity contribution in [3.8, 4) is 0 Å². The van der Waals surface area contributed by atoms with Gasteiger partial charge >= 0.3 is 17.6 Å². The Bertz CT molecular complexity index is 739. The highest BCUT2D eigenvalue weighted by Gasteiger charge is 2.52. The third-order valence-electron chi connectivity index (χ3n) is 9.29. The lowest BCUT2D eigenvalue weighted by molar-refractivity contribution is -0.267. The van der Waals surface area contributed by atoms with Gasteiger partial charge in [-0.05, 0) is 107 Å². The van der Waals surface area contributed by atoms with Crippen LogP contribution in [-0.2, 0) is 31.5 Å². The van der Waals surface area contributed by atoms with Crippen LogP contribution in [0.25, 0.3) is 0 Å². The van der Waals surface area contributed by atoms with Crippen molar-refractivity contribution < 1.29 is 31.5 Å².